The molecule has 0 aromatic heterocycles. The van der Waals surface area contributed by atoms with E-state index >= 15 is 0 Å². The summed E-state index contributed by atoms with van der Waals surface area (Å²) in [4.78, 5) is 34.1. The Morgan fingerprint density at radius 1 is 0.767 bits per heavy atom. The Kier molecular flexibility index (Phi) is 6.94. The second-order valence-corrected chi connectivity index (χ2v) is 6.76. The van der Waals surface area contributed by atoms with Crippen LogP contribution in [0.5, 0.6) is 11.5 Å². The van der Waals surface area contributed by atoms with Crippen molar-refractivity contribution in [2.45, 2.75) is 24.9 Å². The lowest BCUT2D eigenvalue weighted by Crippen LogP contribution is -2.58. The Morgan fingerprint density at radius 3 is 1.40 bits per heavy atom. The zero-order valence-electron chi connectivity index (χ0n) is 17.2. The summed E-state index contributed by atoms with van der Waals surface area (Å²) in [6.07, 6.45) is 2.53. The van der Waals surface area contributed by atoms with Crippen LogP contribution >= 0.6 is 0 Å². The fourth-order valence-corrected chi connectivity index (χ4v) is 2.74. The molecule has 2 aromatic carbocycles. The van der Waals surface area contributed by atoms with Crippen LogP contribution in [0.25, 0.3) is 0 Å². The lowest BCUT2D eigenvalue weighted by atomic mass is 9.79. The number of hydrogen-bond acceptors (Lipinski definition) is 8. The summed E-state index contributed by atoms with van der Waals surface area (Å²) in [7, 11) is 2.33. The zero-order valence-corrected chi connectivity index (χ0v) is 17.2. The third-order valence-corrected chi connectivity index (χ3v) is 4.91. The van der Waals surface area contributed by atoms with Crippen molar-refractivity contribution in [3.05, 3.63) is 59.7 Å². The number of methoxy groups -OCH3 is 2. The number of esters is 2. The molecular weight excluding hydrogens is 388 g/mol. The lowest BCUT2D eigenvalue weighted by Gasteiger charge is -2.35. The van der Waals surface area contributed by atoms with Gasteiger partial charge in [0.25, 0.3) is 0 Å². The summed E-state index contributed by atoms with van der Waals surface area (Å²) in [6, 6.07) is 12.8. The van der Waals surface area contributed by atoms with Crippen molar-refractivity contribution < 1.29 is 29.3 Å². The van der Waals surface area contributed by atoms with Crippen LogP contribution in [0.3, 0.4) is 0 Å². The van der Waals surface area contributed by atoms with Crippen LogP contribution in [0.1, 0.15) is 25.0 Å². The smallest absolute Gasteiger partial charge is 0.336 e. The van der Waals surface area contributed by atoms with E-state index in [9.17, 15) is 19.8 Å². The molecule has 2 atom stereocenters. The number of phenols is 2. The molecule has 0 aliphatic carbocycles. The average molecular weight is 412 g/mol. The van der Waals surface area contributed by atoms with Gasteiger partial charge in [-0.1, -0.05) is 24.3 Å². The standard InChI is InChI=1S/C22H24N2O6/c1-21(19(27)29-3,23-13-15-9-5-7-11-17(15)25)22(2,20(28)30-4)24-14-16-10-6-8-12-18(16)26/h5-14,25-26H,1-4H3/t21-,22-/m0/s1. The van der Waals surface area contributed by atoms with Crippen LogP contribution in [-0.4, -0.2) is 59.9 Å². The molecule has 0 saturated carbocycles. The van der Waals surface area contributed by atoms with E-state index in [0.29, 0.717) is 11.1 Å². The molecule has 158 valence electrons. The second kappa shape index (κ2) is 9.21. The molecule has 0 radical (unpaired) electrons. The Balaban J connectivity index is 2.62. The SMILES string of the molecule is COC(=O)[C@](C)(N=Cc1ccccc1O)[C@@](C)(N=Cc1ccccc1O)C(=O)OC. The molecule has 2 N–H and O–H groups in total. The topological polar surface area (TPSA) is 118 Å². The number of carbonyl (C=O) groups is 2. The minimum Gasteiger partial charge on any atom is -0.507 e. The van der Waals surface area contributed by atoms with Gasteiger partial charge in [0, 0.05) is 23.6 Å². The molecule has 0 saturated heterocycles. The van der Waals surface area contributed by atoms with Crippen LogP contribution in [0.15, 0.2) is 58.5 Å². The van der Waals surface area contributed by atoms with Gasteiger partial charge in [-0.25, -0.2) is 9.59 Å². The molecule has 8 nitrogen and oxygen atoms in total. The number of aromatic hydroxyl groups is 2. The van der Waals surface area contributed by atoms with Crippen LogP contribution in [0.4, 0.5) is 0 Å². The van der Waals surface area contributed by atoms with Crippen molar-refractivity contribution in [3.8, 4) is 11.5 Å². The van der Waals surface area contributed by atoms with Gasteiger partial charge in [-0.3, -0.25) is 9.98 Å². The zero-order chi connectivity index (χ0) is 22.4. The number of aliphatic imine (C=N–C) groups is 2. The van der Waals surface area contributed by atoms with Gasteiger partial charge in [0.2, 0.25) is 0 Å². The molecule has 0 aliphatic heterocycles. The van der Waals surface area contributed by atoms with Gasteiger partial charge in [0.1, 0.15) is 11.5 Å². The van der Waals surface area contributed by atoms with E-state index in [1.165, 1.54) is 52.6 Å². The minimum absolute atomic E-state index is 0.0500. The van der Waals surface area contributed by atoms with E-state index < -0.39 is 23.0 Å². The molecule has 0 heterocycles. The minimum atomic E-state index is -1.85. The molecular formula is C22H24N2O6. The Morgan fingerprint density at radius 2 is 1.10 bits per heavy atom. The summed E-state index contributed by atoms with van der Waals surface area (Å²) in [5.41, 5.74) is -3.02. The van der Waals surface area contributed by atoms with Crippen LogP contribution in [0, 0.1) is 0 Å². The number of ether oxygens (including phenoxy) is 2. The van der Waals surface area contributed by atoms with Crippen molar-refractivity contribution in [1.82, 2.24) is 0 Å². The van der Waals surface area contributed by atoms with Gasteiger partial charge in [0.05, 0.1) is 14.2 Å². The van der Waals surface area contributed by atoms with Gasteiger partial charge in [-0.2, -0.15) is 0 Å². The molecule has 2 rings (SSSR count). The summed E-state index contributed by atoms with van der Waals surface area (Å²) in [5.74, 6) is -1.77. The highest BCUT2D eigenvalue weighted by Gasteiger charge is 2.57. The maximum Gasteiger partial charge on any atom is 0.336 e. The van der Waals surface area contributed by atoms with Gasteiger partial charge in [-0.15, -0.1) is 0 Å². The molecule has 0 aliphatic rings. The van der Waals surface area contributed by atoms with Crippen LogP contribution < -0.4 is 0 Å². The summed E-state index contributed by atoms with van der Waals surface area (Å²) < 4.78 is 9.81. The van der Waals surface area contributed by atoms with Gasteiger partial charge >= 0.3 is 11.9 Å². The number of phenolic OH excluding ortho intramolecular Hbond substituents is 2. The average Bonchev–Trinajstić information content (AvgIpc) is 2.76. The van der Waals surface area contributed by atoms with Crippen molar-refractivity contribution in [2.75, 3.05) is 14.2 Å². The number of para-hydroxylation sites is 2. The molecule has 2 aromatic rings. The Hall–Kier alpha value is -3.68. The van der Waals surface area contributed by atoms with Crippen molar-refractivity contribution in [1.29, 1.82) is 0 Å². The second-order valence-electron chi connectivity index (χ2n) is 6.76. The first kappa shape index (κ1) is 22.6. The normalized spacial score (nSPS) is 15.5. The summed E-state index contributed by atoms with van der Waals surface area (Å²) in [6.45, 7) is 2.77. The van der Waals surface area contributed by atoms with E-state index in [1.54, 1.807) is 36.4 Å². The molecule has 30 heavy (non-hydrogen) atoms. The maximum absolute atomic E-state index is 12.8. The number of carbonyl (C=O) groups excluding carboxylic acids is 2. The van der Waals surface area contributed by atoms with Crippen molar-refractivity contribution >= 4 is 24.4 Å². The predicted octanol–water partition coefficient (Wildman–Crippen LogP) is 2.50. The molecule has 0 fully saturated rings. The molecule has 0 bridgehead atoms. The maximum atomic E-state index is 12.8. The first-order valence-electron chi connectivity index (χ1n) is 9.03. The van der Waals surface area contributed by atoms with Gasteiger partial charge < -0.3 is 19.7 Å². The fraction of sp³-hybridized carbons (Fsp3) is 0.273. The molecule has 8 heteroatoms. The van der Waals surface area contributed by atoms with Gasteiger partial charge in [0.15, 0.2) is 11.1 Å². The fourth-order valence-electron chi connectivity index (χ4n) is 2.74. The number of rotatable bonds is 7. The van der Waals surface area contributed by atoms with E-state index in [2.05, 4.69) is 9.98 Å². The van der Waals surface area contributed by atoms with Crippen molar-refractivity contribution in [2.24, 2.45) is 9.98 Å². The predicted molar refractivity (Wildman–Crippen MR) is 112 cm³/mol. The number of nitrogens with zero attached hydrogens (tertiary/aromatic N) is 2. The third kappa shape index (κ3) is 4.32. The number of benzene rings is 2. The van der Waals surface area contributed by atoms with Gasteiger partial charge in [-0.05, 0) is 38.1 Å². The molecule has 0 unspecified atom stereocenters. The quantitative estimate of drug-likeness (QED) is 0.533. The summed E-state index contributed by atoms with van der Waals surface area (Å²) >= 11 is 0. The van der Waals surface area contributed by atoms with Crippen LogP contribution in [-0.2, 0) is 19.1 Å². The highest BCUT2D eigenvalue weighted by Crippen LogP contribution is 2.34. The molecule has 0 amide bonds. The Labute approximate surface area is 174 Å². The van der Waals surface area contributed by atoms with Crippen LogP contribution in [0.2, 0.25) is 0 Å². The van der Waals surface area contributed by atoms with E-state index in [0.717, 1.165) is 0 Å². The highest BCUT2D eigenvalue weighted by atomic mass is 16.5. The van der Waals surface area contributed by atoms with E-state index in [-0.39, 0.29) is 11.5 Å². The third-order valence-electron chi connectivity index (χ3n) is 4.91. The number of hydrogen-bond donors (Lipinski definition) is 2. The largest absolute Gasteiger partial charge is 0.507 e. The first-order chi connectivity index (χ1) is 14.2. The monoisotopic (exact) mass is 412 g/mol. The summed E-state index contributed by atoms with van der Waals surface area (Å²) in [5, 5.41) is 20.0. The Bertz CT molecular complexity index is 908. The van der Waals surface area contributed by atoms with Crippen molar-refractivity contribution in [3.63, 3.8) is 0 Å². The molecule has 0 spiro atoms. The van der Waals surface area contributed by atoms with E-state index in [4.69, 9.17) is 9.47 Å². The first-order valence-corrected chi connectivity index (χ1v) is 9.03. The lowest BCUT2D eigenvalue weighted by molar-refractivity contribution is -0.159. The van der Waals surface area contributed by atoms with E-state index in [1.807, 2.05) is 0 Å². The highest BCUT2D eigenvalue weighted by molar-refractivity contribution is 5.98.